The van der Waals surface area contributed by atoms with E-state index in [-0.39, 0.29) is 0 Å². The van der Waals surface area contributed by atoms with Crippen molar-refractivity contribution in [1.29, 1.82) is 0 Å². The molecule has 2 atom stereocenters. The molecule has 3 nitrogen and oxygen atoms in total. The van der Waals surface area contributed by atoms with Crippen LogP contribution in [0.3, 0.4) is 0 Å². The Hall–Kier alpha value is -1.84. The van der Waals surface area contributed by atoms with Crippen LogP contribution in [0.1, 0.15) is 36.8 Å². The van der Waals surface area contributed by atoms with E-state index in [1.807, 2.05) is 18.3 Å². The average Bonchev–Trinajstić information content (AvgIpc) is 2.86. The number of benzene rings is 1. The molecule has 4 heteroatoms. The van der Waals surface area contributed by atoms with E-state index in [1.165, 1.54) is 22.2 Å². The average molecular weight is 340 g/mol. The van der Waals surface area contributed by atoms with Crippen molar-refractivity contribution in [1.82, 2.24) is 14.9 Å². The number of aryl methyl sites for hydroxylation is 2. The van der Waals surface area contributed by atoms with Gasteiger partial charge in [0.05, 0.1) is 0 Å². The summed E-state index contributed by atoms with van der Waals surface area (Å²) in [4.78, 5) is 4.47. The van der Waals surface area contributed by atoms with Crippen molar-refractivity contribution in [3.8, 4) is 0 Å². The SMILES string of the molecule is CC1Cc2c(c3cc(Cl)ccc3n2CCc2ccccn2)C(C)N1. The smallest absolute Gasteiger partial charge is 0.0487 e. The molecule has 0 radical (unpaired) electrons. The van der Waals surface area contributed by atoms with Gasteiger partial charge in [-0.15, -0.1) is 0 Å². The summed E-state index contributed by atoms with van der Waals surface area (Å²) in [6, 6.07) is 13.2. The molecule has 4 rings (SSSR count). The summed E-state index contributed by atoms with van der Waals surface area (Å²) in [6.45, 7) is 5.45. The first kappa shape index (κ1) is 15.7. The summed E-state index contributed by atoms with van der Waals surface area (Å²) in [6.07, 6.45) is 3.86. The van der Waals surface area contributed by atoms with Gasteiger partial charge in [0.15, 0.2) is 0 Å². The minimum Gasteiger partial charge on any atom is -0.344 e. The van der Waals surface area contributed by atoms with Crippen LogP contribution in [0, 0.1) is 0 Å². The third-order valence-corrected chi connectivity index (χ3v) is 5.20. The normalized spacial score (nSPS) is 20.3. The number of fused-ring (bicyclic) bond motifs is 3. The van der Waals surface area contributed by atoms with Gasteiger partial charge in [0.25, 0.3) is 0 Å². The van der Waals surface area contributed by atoms with Gasteiger partial charge >= 0.3 is 0 Å². The van der Waals surface area contributed by atoms with Crippen LogP contribution < -0.4 is 5.32 Å². The number of pyridine rings is 1. The van der Waals surface area contributed by atoms with Crippen molar-refractivity contribution in [3.05, 3.63) is 64.6 Å². The Labute approximate surface area is 147 Å². The second kappa shape index (κ2) is 6.23. The molecule has 0 amide bonds. The molecule has 124 valence electrons. The minimum atomic E-state index is 0.348. The Morgan fingerprint density at radius 2 is 2.12 bits per heavy atom. The molecule has 0 saturated heterocycles. The van der Waals surface area contributed by atoms with E-state index in [0.717, 1.165) is 30.1 Å². The van der Waals surface area contributed by atoms with Crippen molar-refractivity contribution in [2.45, 2.75) is 45.3 Å². The summed E-state index contributed by atoms with van der Waals surface area (Å²) >= 11 is 6.28. The maximum absolute atomic E-state index is 6.28. The highest BCUT2D eigenvalue weighted by atomic mass is 35.5. The van der Waals surface area contributed by atoms with E-state index >= 15 is 0 Å². The number of nitrogens with zero attached hydrogens (tertiary/aromatic N) is 2. The van der Waals surface area contributed by atoms with Crippen LogP contribution in [0.4, 0.5) is 0 Å². The number of nitrogens with one attached hydrogen (secondary N) is 1. The highest BCUT2D eigenvalue weighted by Crippen LogP contribution is 2.36. The quantitative estimate of drug-likeness (QED) is 0.760. The summed E-state index contributed by atoms with van der Waals surface area (Å²) in [7, 11) is 0. The number of halogens is 1. The molecule has 0 saturated carbocycles. The lowest BCUT2D eigenvalue weighted by molar-refractivity contribution is 0.433. The highest BCUT2D eigenvalue weighted by Gasteiger charge is 2.27. The van der Waals surface area contributed by atoms with E-state index in [0.29, 0.717) is 12.1 Å². The van der Waals surface area contributed by atoms with Gasteiger partial charge in [-0.3, -0.25) is 4.98 Å². The fourth-order valence-electron chi connectivity index (χ4n) is 4.00. The van der Waals surface area contributed by atoms with Crippen LogP contribution in [0.2, 0.25) is 5.02 Å². The van der Waals surface area contributed by atoms with Crippen molar-refractivity contribution in [2.24, 2.45) is 0 Å². The first-order valence-electron chi connectivity index (χ1n) is 8.60. The lowest BCUT2D eigenvalue weighted by atomic mass is 9.95. The summed E-state index contributed by atoms with van der Waals surface area (Å²) in [5.74, 6) is 0. The standard InChI is InChI=1S/C20H22ClN3/c1-13-11-19-20(14(2)23-13)17-12-15(21)6-7-18(17)24(19)10-8-16-5-3-4-9-22-16/h3-7,9,12-14,23H,8,10-11H2,1-2H3. The molecule has 1 aliphatic rings. The Bertz CT molecular complexity index is 869. The van der Waals surface area contributed by atoms with E-state index in [2.05, 4.69) is 53.0 Å². The Balaban J connectivity index is 1.80. The van der Waals surface area contributed by atoms with Gasteiger partial charge in [-0.2, -0.15) is 0 Å². The zero-order valence-electron chi connectivity index (χ0n) is 14.1. The van der Waals surface area contributed by atoms with Gasteiger partial charge in [-0.05, 0) is 49.7 Å². The Kier molecular flexibility index (Phi) is 4.07. The summed E-state index contributed by atoms with van der Waals surface area (Å²) in [5.41, 5.74) is 5.27. The van der Waals surface area contributed by atoms with Crippen LogP contribution in [-0.4, -0.2) is 15.6 Å². The molecule has 2 unspecified atom stereocenters. The largest absolute Gasteiger partial charge is 0.344 e. The van der Waals surface area contributed by atoms with E-state index < -0.39 is 0 Å². The number of hydrogen-bond acceptors (Lipinski definition) is 2. The molecule has 1 aliphatic heterocycles. The van der Waals surface area contributed by atoms with Crippen molar-refractivity contribution in [3.63, 3.8) is 0 Å². The molecule has 0 aliphatic carbocycles. The molecule has 0 bridgehead atoms. The number of rotatable bonds is 3. The van der Waals surface area contributed by atoms with Gasteiger partial charge in [-0.1, -0.05) is 17.7 Å². The molecule has 1 aromatic carbocycles. The van der Waals surface area contributed by atoms with Crippen molar-refractivity contribution >= 4 is 22.5 Å². The van der Waals surface area contributed by atoms with Gasteiger partial charge in [0.1, 0.15) is 0 Å². The summed E-state index contributed by atoms with van der Waals surface area (Å²) < 4.78 is 2.48. The van der Waals surface area contributed by atoms with Gasteiger partial charge < -0.3 is 9.88 Å². The number of aromatic nitrogens is 2. The fraction of sp³-hybridized carbons (Fsp3) is 0.350. The third kappa shape index (κ3) is 2.72. The number of hydrogen-bond donors (Lipinski definition) is 1. The molecule has 3 heterocycles. The van der Waals surface area contributed by atoms with E-state index in [9.17, 15) is 0 Å². The molecular weight excluding hydrogens is 318 g/mol. The van der Waals surface area contributed by atoms with Crippen molar-refractivity contribution < 1.29 is 0 Å². The Morgan fingerprint density at radius 1 is 1.25 bits per heavy atom. The van der Waals surface area contributed by atoms with Crippen LogP contribution in [0.15, 0.2) is 42.6 Å². The second-order valence-electron chi connectivity index (χ2n) is 6.74. The van der Waals surface area contributed by atoms with Crippen molar-refractivity contribution in [2.75, 3.05) is 0 Å². The molecule has 1 N–H and O–H groups in total. The van der Waals surface area contributed by atoms with E-state index in [4.69, 9.17) is 11.6 Å². The lowest BCUT2D eigenvalue weighted by Crippen LogP contribution is -2.36. The second-order valence-corrected chi connectivity index (χ2v) is 7.17. The van der Waals surface area contributed by atoms with Crippen LogP contribution >= 0.6 is 11.6 Å². The van der Waals surface area contributed by atoms with E-state index in [1.54, 1.807) is 0 Å². The maximum atomic E-state index is 6.28. The topological polar surface area (TPSA) is 29.9 Å². The predicted molar refractivity (Wildman–Crippen MR) is 99.6 cm³/mol. The zero-order valence-corrected chi connectivity index (χ0v) is 14.8. The highest BCUT2D eigenvalue weighted by molar-refractivity contribution is 6.31. The first-order chi connectivity index (χ1) is 11.6. The molecule has 0 spiro atoms. The molecule has 3 aromatic rings. The van der Waals surface area contributed by atoms with Crippen LogP contribution in [0.5, 0.6) is 0 Å². The summed E-state index contributed by atoms with van der Waals surface area (Å²) in [5, 5.41) is 5.75. The molecular formula is C20H22ClN3. The molecule has 0 fully saturated rings. The lowest BCUT2D eigenvalue weighted by Gasteiger charge is -2.28. The van der Waals surface area contributed by atoms with Gasteiger partial charge in [0.2, 0.25) is 0 Å². The van der Waals surface area contributed by atoms with Crippen LogP contribution in [-0.2, 0) is 19.4 Å². The Morgan fingerprint density at radius 3 is 2.92 bits per heavy atom. The van der Waals surface area contributed by atoms with Gasteiger partial charge in [-0.25, -0.2) is 0 Å². The first-order valence-corrected chi connectivity index (χ1v) is 8.97. The molecule has 2 aromatic heterocycles. The minimum absolute atomic E-state index is 0.348. The monoisotopic (exact) mass is 339 g/mol. The van der Waals surface area contributed by atoms with Crippen LogP contribution in [0.25, 0.3) is 10.9 Å². The molecule has 24 heavy (non-hydrogen) atoms. The zero-order chi connectivity index (χ0) is 16.7. The predicted octanol–water partition coefficient (Wildman–Crippen LogP) is 4.53. The third-order valence-electron chi connectivity index (χ3n) is 4.96. The van der Waals surface area contributed by atoms with Gasteiger partial charge in [0, 0.05) is 65.0 Å². The fourth-order valence-corrected chi connectivity index (χ4v) is 4.17. The maximum Gasteiger partial charge on any atom is 0.0487 e.